The van der Waals surface area contributed by atoms with E-state index in [2.05, 4.69) is 36.3 Å². The number of nitrogens with zero attached hydrogens (tertiary/aromatic N) is 2. The van der Waals surface area contributed by atoms with Gasteiger partial charge in [0, 0.05) is 6.04 Å². The third-order valence-electron chi connectivity index (χ3n) is 3.12. The second kappa shape index (κ2) is 8.04. The molecule has 16 heavy (non-hydrogen) atoms. The van der Waals surface area contributed by atoms with Crippen molar-refractivity contribution in [1.29, 1.82) is 0 Å². The highest BCUT2D eigenvalue weighted by molar-refractivity contribution is 4.80. The molecule has 0 aromatic heterocycles. The fraction of sp³-hybridized carbons (Fsp3) is 1.00. The van der Waals surface area contributed by atoms with Crippen LogP contribution < -0.4 is 5.32 Å². The third-order valence-corrected chi connectivity index (χ3v) is 3.12. The highest BCUT2D eigenvalue weighted by atomic mass is 15.1. The summed E-state index contributed by atoms with van der Waals surface area (Å²) in [5.41, 5.74) is 0. The number of hydrogen-bond donors (Lipinski definition) is 1. The first-order valence-electron chi connectivity index (χ1n) is 6.75. The summed E-state index contributed by atoms with van der Waals surface area (Å²) in [6, 6.07) is 0.873. The Balaban J connectivity index is 1.79. The first-order chi connectivity index (χ1) is 7.68. The normalized spacial score (nSPS) is 16.3. The van der Waals surface area contributed by atoms with Gasteiger partial charge in [0.15, 0.2) is 0 Å². The average molecular weight is 227 g/mol. The Hall–Kier alpha value is -0.120. The molecule has 0 atom stereocenters. The first kappa shape index (κ1) is 13.9. The van der Waals surface area contributed by atoms with Crippen LogP contribution in [0, 0.1) is 0 Å². The summed E-state index contributed by atoms with van der Waals surface area (Å²) in [6.07, 6.45) is 6.76. The lowest BCUT2D eigenvalue weighted by molar-refractivity contribution is 0.295. The fourth-order valence-corrected chi connectivity index (χ4v) is 1.87. The molecule has 3 heteroatoms. The maximum atomic E-state index is 3.56. The van der Waals surface area contributed by atoms with Crippen LogP contribution in [-0.2, 0) is 0 Å². The molecule has 1 fully saturated rings. The molecule has 1 aliphatic rings. The van der Waals surface area contributed by atoms with Crippen molar-refractivity contribution in [3.63, 3.8) is 0 Å². The van der Waals surface area contributed by atoms with E-state index in [-0.39, 0.29) is 0 Å². The molecule has 0 radical (unpaired) electrons. The molecular weight excluding hydrogens is 198 g/mol. The fourth-order valence-electron chi connectivity index (χ4n) is 1.87. The van der Waals surface area contributed by atoms with Gasteiger partial charge in [-0.25, -0.2) is 0 Å². The van der Waals surface area contributed by atoms with Gasteiger partial charge in [0.1, 0.15) is 0 Å². The lowest BCUT2D eigenvalue weighted by Gasteiger charge is -2.17. The number of rotatable bonds is 10. The van der Waals surface area contributed by atoms with Crippen molar-refractivity contribution in [1.82, 2.24) is 15.1 Å². The lowest BCUT2D eigenvalue weighted by atomic mass is 10.3. The van der Waals surface area contributed by atoms with Crippen LogP contribution in [0.25, 0.3) is 0 Å². The third kappa shape index (κ3) is 8.08. The molecule has 3 nitrogen and oxygen atoms in total. The zero-order valence-corrected chi connectivity index (χ0v) is 11.3. The molecular formula is C13H29N3. The monoisotopic (exact) mass is 227 g/mol. The highest BCUT2D eigenvalue weighted by Gasteiger charge is 2.19. The molecule has 1 N–H and O–H groups in total. The molecule has 0 unspecified atom stereocenters. The quantitative estimate of drug-likeness (QED) is 0.569. The molecule has 1 aliphatic carbocycles. The van der Waals surface area contributed by atoms with E-state index in [4.69, 9.17) is 0 Å². The molecule has 0 heterocycles. The Morgan fingerprint density at radius 2 is 1.62 bits per heavy atom. The number of nitrogens with one attached hydrogen (secondary N) is 1. The van der Waals surface area contributed by atoms with E-state index in [1.54, 1.807) is 0 Å². The summed E-state index contributed by atoms with van der Waals surface area (Å²) >= 11 is 0. The molecule has 0 aromatic rings. The second-order valence-electron chi connectivity index (χ2n) is 5.40. The Morgan fingerprint density at radius 1 is 0.938 bits per heavy atom. The van der Waals surface area contributed by atoms with Crippen LogP contribution in [0.3, 0.4) is 0 Å². The van der Waals surface area contributed by atoms with Crippen LogP contribution in [0.2, 0.25) is 0 Å². The molecule has 0 bridgehead atoms. The van der Waals surface area contributed by atoms with Crippen molar-refractivity contribution in [3.8, 4) is 0 Å². The zero-order valence-electron chi connectivity index (χ0n) is 11.3. The average Bonchev–Trinajstić information content (AvgIpc) is 3.00. The van der Waals surface area contributed by atoms with Crippen LogP contribution in [0.15, 0.2) is 0 Å². The van der Waals surface area contributed by atoms with Gasteiger partial charge in [-0.15, -0.1) is 0 Å². The van der Waals surface area contributed by atoms with Crippen molar-refractivity contribution < 1.29 is 0 Å². The first-order valence-corrected chi connectivity index (χ1v) is 6.75. The van der Waals surface area contributed by atoms with Gasteiger partial charge in [0.05, 0.1) is 0 Å². The van der Waals surface area contributed by atoms with Crippen molar-refractivity contribution in [2.75, 3.05) is 47.3 Å². The molecule has 0 saturated heterocycles. The smallest absolute Gasteiger partial charge is 0.00682 e. The molecule has 96 valence electrons. The van der Waals surface area contributed by atoms with Crippen LogP contribution >= 0.6 is 0 Å². The molecule has 1 rings (SSSR count). The SMILES string of the molecule is CN(C)CCCN(C)CCCCNC1CC1. The van der Waals surface area contributed by atoms with Crippen molar-refractivity contribution in [2.24, 2.45) is 0 Å². The van der Waals surface area contributed by atoms with Gasteiger partial charge in [-0.05, 0) is 79.4 Å². The van der Waals surface area contributed by atoms with Gasteiger partial charge in [-0.3, -0.25) is 0 Å². The van der Waals surface area contributed by atoms with E-state index < -0.39 is 0 Å². The van der Waals surface area contributed by atoms with Crippen LogP contribution in [0.5, 0.6) is 0 Å². The van der Waals surface area contributed by atoms with E-state index in [0.717, 1.165) is 6.04 Å². The minimum atomic E-state index is 0.873. The van der Waals surface area contributed by atoms with E-state index in [0.29, 0.717) is 0 Å². The van der Waals surface area contributed by atoms with Gasteiger partial charge in [-0.2, -0.15) is 0 Å². The van der Waals surface area contributed by atoms with Gasteiger partial charge in [-0.1, -0.05) is 0 Å². The topological polar surface area (TPSA) is 18.5 Å². The standard InChI is InChI=1S/C13H29N3/c1-15(2)10-6-12-16(3)11-5-4-9-14-13-7-8-13/h13-14H,4-12H2,1-3H3. The van der Waals surface area contributed by atoms with Crippen molar-refractivity contribution in [2.45, 2.75) is 38.1 Å². The summed E-state index contributed by atoms with van der Waals surface area (Å²) in [5.74, 6) is 0. The van der Waals surface area contributed by atoms with Crippen molar-refractivity contribution >= 4 is 0 Å². The van der Waals surface area contributed by atoms with Crippen LogP contribution in [0.4, 0.5) is 0 Å². The molecule has 1 saturated carbocycles. The van der Waals surface area contributed by atoms with Gasteiger partial charge in [0.2, 0.25) is 0 Å². The second-order valence-corrected chi connectivity index (χ2v) is 5.40. The Bertz CT molecular complexity index is 167. The van der Waals surface area contributed by atoms with Gasteiger partial charge in [0.25, 0.3) is 0 Å². The highest BCUT2D eigenvalue weighted by Crippen LogP contribution is 2.18. The van der Waals surface area contributed by atoms with Crippen LogP contribution in [0.1, 0.15) is 32.1 Å². The largest absolute Gasteiger partial charge is 0.314 e. The Morgan fingerprint density at radius 3 is 2.25 bits per heavy atom. The lowest BCUT2D eigenvalue weighted by Crippen LogP contribution is -2.25. The predicted molar refractivity (Wildman–Crippen MR) is 70.9 cm³/mol. The Kier molecular flexibility index (Phi) is 7.01. The number of unbranched alkanes of at least 4 members (excludes halogenated alkanes) is 1. The summed E-state index contributed by atoms with van der Waals surface area (Å²) in [7, 11) is 6.52. The van der Waals surface area contributed by atoms with E-state index in [1.165, 1.54) is 58.3 Å². The maximum absolute atomic E-state index is 3.56. The van der Waals surface area contributed by atoms with Gasteiger partial charge < -0.3 is 15.1 Å². The van der Waals surface area contributed by atoms with Crippen molar-refractivity contribution in [3.05, 3.63) is 0 Å². The summed E-state index contributed by atoms with van der Waals surface area (Å²) < 4.78 is 0. The Labute approximate surface area is 101 Å². The summed E-state index contributed by atoms with van der Waals surface area (Å²) in [6.45, 7) is 4.90. The number of hydrogen-bond acceptors (Lipinski definition) is 3. The predicted octanol–water partition coefficient (Wildman–Crippen LogP) is 1.40. The summed E-state index contributed by atoms with van der Waals surface area (Å²) in [4.78, 5) is 4.72. The maximum Gasteiger partial charge on any atom is 0.00682 e. The zero-order chi connectivity index (χ0) is 11.8. The van der Waals surface area contributed by atoms with E-state index in [9.17, 15) is 0 Å². The molecule has 0 aliphatic heterocycles. The van der Waals surface area contributed by atoms with E-state index >= 15 is 0 Å². The van der Waals surface area contributed by atoms with E-state index in [1.807, 2.05) is 0 Å². The molecule has 0 amide bonds. The minimum Gasteiger partial charge on any atom is -0.314 e. The van der Waals surface area contributed by atoms with Crippen LogP contribution in [-0.4, -0.2) is 63.2 Å². The van der Waals surface area contributed by atoms with Gasteiger partial charge >= 0.3 is 0 Å². The minimum absolute atomic E-state index is 0.873. The summed E-state index contributed by atoms with van der Waals surface area (Å²) in [5, 5.41) is 3.56. The molecule has 0 aromatic carbocycles. The molecule has 0 spiro atoms.